The number of aryl methyl sites for hydroxylation is 2. The van der Waals surface area contributed by atoms with Crippen molar-refractivity contribution < 1.29 is 9.53 Å². The van der Waals surface area contributed by atoms with E-state index in [9.17, 15) is 4.79 Å². The summed E-state index contributed by atoms with van der Waals surface area (Å²) < 4.78 is 6.06. The molecule has 0 aromatic heterocycles. The molecule has 25 heavy (non-hydrogen) atoms. The second-order valence-electron chi connectivity index (χ2n) is 7.35. The molecule has 0 spiro atoms. The van der Waals surface area contributed by atoms with Crippen molar-refractivity contribution in [3.05, 3.63) is 64.2 Å². The summed E-state index contributed by atoms with van der Waals surface area (Å²) in [6, 6.07) is 13.8. The lowest BCUT2D eigenvalue weighted by molar-refractivity contribution is -0.122. The molecular formula is C21H24ClNO2. The van der Waals surface area contributed by atoms with Gasteiger partial charge in [0.2, 0.25) is 5.91 Å². The van der Waals surface area contributed by atoms with Gasteiger partial charge in [0.25, 0.3) is 0 Å². The predicted molar refractivity (Wildman–Crippen MR) is 101 cm³/mol. The second-order valence-corrected chi connectivity index (χ2v) is 7.79. The lowest BCUT2D eigenvalue weighted by Crippen LogP contribution is -2.41. The van der Waals surface area contributed by atoms with Crippen molar-refractivity contribution in [1.82, 2.24) is 5.32 Å². The first-order chi connectivity index (χ1) is 11.8. The molecule has 1 atom stereocenters. The number of ether oxygens (including phenoxy) is 1. The molecule has 0 saturated heterocycles. The molecule has 0 aliphatic carbocycles. The molecule has 4 heteroatoms. The molecule has 3 rings (SSSR count). The fourth-order valence-electron chi connectivity index (χ4n) is 3.28. The Balaban J connectivity index is 1.68. The molecule has 3 nitrogen and oxygen atoms in total. The molecule has 2 aromatic rings. The van der Waals surface area contributed by atoms with Crippen molar-refractivity contribution in [2.75, 3.05) is 0 Å². The molecular weight excluding hydrogens is 334 g/mol. The van der Waals surface area contributed by atoms with Crippen LogP contribution in [0.15, 0.2) is 42.5 Å². The molecule has 0 bridgehead atoms. The minimum absolute atomic E-state index is 0.0173. The van der Waals surface area contributed by atoms with Gasteiger partial charge < -0.3 is 10.1 Å². The SMILES string of the molecule is Cc1ccc2c(c1)C(NC(=O)CCc1ccc(Cl)cc1)CC(C)(C)O2. The molecule has 2 aromatic carbocycles. The van der Waals surface area contributed by atoms with Gasteiger partial charge >= 0.3 is 0 Å². The van der Waals surface area contributed by atoms with Gasteiger partial charge in [-0.15, -0.1) is 0 Å². The van der Waals surface area contributed by atoms with E-state index >= 15 is 0 Å². The Labute approximate surface area is 154 Å². The molecule has 1 aliphatic heterocycles. The first-order valence-corrected chi connectivity index (χ1v) is 9.03. The molecule has 0 fully saturated rings. The minimum atomic E-state index is -0.295. The molecule has 1 heterocycles. The molecule has 0 saturated carbocycles. The highest BCUT2D eigenvalue weighted by Crippen LogP contribution is 2.39. The Morgan fingerprint density at radius 3 is 2.68 bits per heavy atom. The number of carbonyl (C=O) groups is 1. The van der Waals surface area contributed by atoms with Gasteiger partial charge in [-0.25, -0.2) is 0 Å². The van der Waals surface area contributed by atoms with Gasteiger partial charge in [0, 0.05) is 23.4 Å². The number of rotatable bonds is 4. The Morgan fingerprint density at radius 1 is 1.24 bits per heavy atom. The minimum Gasteiger partial charge on any atom is -0.487 e. The number of hydrogen-bond donors (Lipinski definition) is 1. The summed E-state index contributed by atoms with van der Waals surface area (Å²) in [7, 11) is 0. The van der Waals surface area contributed by atoms with Crippen LogP contribution in [-0.4, -0.2) is 11.5 Å². The van der Waals surface area contributed by atoms with E-state index in [0.29, 0.717) is 17.9 Å². The summed E-state index contributed by atoms with van der Waals surface area (Å²) in [5.74, 6) is 0.926. The highest BCUT2D eigenvalue weighted by atomic mass is 35.5. The van der Waals surface area contributed by atoms with Crippen LogP contribution in [0, 0.1) is 6.92 Å². The summed E-state index contributed by atoms with van der Waals surface area (Å²) in [6.07, 6.45) is 1.92. The van der Waals surface area contributed by atoms with Crippen LogP contribution in [0.4, 0.5) is 0 Å². The number of fused-ring (bicyclic) bond motifs is 1. The third-order valence-corrected chi connectivity index (χ3v) is 4.76. The Hall–Kier alpha value is -2.00. The number of halogens is 1. The van der Waals surface area contributed by atoms with E-state index in [2.05, 4.69) is 32.2 Å². The highest BCUT2D eigenvalue weighted by Gasteiger charge is 2.34. The molecule has 1 N–H and O–H groups in total. The largest absolute Gasteiger partial charge is 0.487 e. The highest BCUT2D eigenvalue weighted by molar-refractivity contribution is 6.30. The van der Waals surface area contributed by atoms with Crippen LogP contribution in [0.3, 0.4) is 0 Å². The maximum Gasteiger partial charge on any atom is 0.220 e. The average molecular weight is 358 g/mol. The molecule has 1 aliphatic rings. The van der Waals surface area contributed by atoms with Crippen LogP contribution in [0.25, 0.3) is 0 Å². The number of nitrogens with one attached hydrogen (secondary N) is 1. The van der Waals surface area contributed by atoms with Gasteiger partial charge in [-0.2, -0.15) is 0 Å². The van der Waals surface area contributed by atoms with Crippen LogP contribution >= 0.6 is 11.6 Å². The third-order valence-electron chi connectivity index (χ3n) is 4.51. The van der Waals surface area contributed by atoms with Gasteiger partial charge in [-0.05, 0) is 51.0 Å². The molecule has 0 radical (unpaired) electrons. The first-order valence-electron chi connectivity index (χ1n) is 8.66. The topological polar surface area (TPSA) is 38.3 Å². The van der Waals surface area contributed by atoms with Crippen LogP contribution in [0.1, 0.15) is 49.4 Å². The zero-order chi connectivity index (χ0) is 18.0. The smallest absolute Gasteiger partial charge is 0.220 e. The van der Waals surface area contributed by atoms with E-state index in [4.69, 9.17) is 16.3 Å². The van der Waals surface area contributed by atoms with Crippen molar-refractivity contribution in [2.45, 2.75) is 51.7 Å². The van der Waals surface area contributed by atoms with E-state index < -0.39 is 0 Å². The van der Waals surface area contributed by atoms with E-state index in [1.807, 2.05) is 36.4 Å². The average Bonchev–Trinajstić information content (AvgIpc) is 2.54. The Kier molecular flexibility index (Phi) is 5.05. The standard InChI is InChI=1S/C21H24ClNO2/c1-14-4-10-19-17(12-14)18(13-21(2,3)25-19)23-20(24)11-7-15-5-8-16(22)9-6-15/h4-6,8-10,12,18H,7,11,13H2,1-3H3,(H,23,24). The summed E-state index contributed by atoms with van der Waals surface area (Å²) >= 11 is 5.90. The predicted octanol–water partition coefficient (Wildman–Crippen LogP) is 5.00. The normalized spacial score (nSPS) is 18.2. The lowest BCUT2D eigenvalue weighted by atomic mass is 9.89. The summed E-state index contributed by atoms with van der Waals surface area (Å²) in [6.45, 7) is 6.17. The van der Waals surface area contributed by atoms with E-state index in [1.54, 1.807) is 0 Å². The quantitative estimate of drug-likeness (QED) is 0.836. The zero-order valence-electron chi connectivity index (χ0n) is 14.9. The van der Waals surface area contributed by atoms with Gasteiger partial charge in [-0.1, -0.05) is 41.4 Å². The van der Waals surface area contributed by atoms with E-state index in [1.165, 1.54) is 5.56 Å². The van der Waals surface area contributed by atoms with Gasteiger partial charge in [0.1, 0.15) is 11.4 Å². The van der Waals surface area contributed by atoms with Crippen molar-refractivity contribution in [1.29, 1.82) is 0 Å². The number of carbonyl (C=O) groups excluding carboxylic acids is 1. The van der Waals surface area contributed by atoms with Gasteiger partial charge in [0.15, 0.2) is 0 Å². The number of hydrogen-bond acceptors (Lipinski definition) is 2. The van der Waals surface area contributed by atoms with Crippen LogP contribution in [0.5, 0.6) is 5.75 Å². The maximum atomic E-state index is 12.5. The zero-order valence-corrected chi connectivity index (χ0v) is 15.7. The molecule has 132 valence electrons. The molecule has 1 amide bonds. The van der Waals surface area contributed by atoms with Crippen LogP contribution in [0.2, 0.25) is 5.02 Å². The van der Waals surface area contributed by atoms with Gasteiger partial charge in [-0.3, -0.25) is 4.79 Å². The summed E-state index contributed by atoms with van der Waals surface area (Å²) in [5, 5.41) is 3.91. The monoisotopic (exact) mass is 357 g/mol. The Bertz CT molecular complexity index is 768. The summed E-state index contributed by atoms with van der Waals surface area (Å²) in [5.41, 5.74) is 3.06. The third kappa shape index (κ3) is 4.55. The van der Waals surface area contributed by atoms with Crippen molar-refractivity contribution >= 4 is 17.5 Å². The molecule has 1 unspecified atom stereocenters. The van der Waals surface area contributed by atoms with Crippen LogP contribution in [-0.2, 0) is 11.2 Å². The number of amides is 1. The van der Waals surface area contributed by atoms with Gasteiger partial charge in [0.05, 0.1) is 6.04 Å². The van der Waals surface area contributed by atoms with Crippen LogP contribution < -0.4 is 10.1 Å². The summed E-state index contributed by atoms with van der Waals surface area (Å²) in [4.78, 5) is 12.5. The van der Waals surface area contributed by atoms with Crippen molar-refractivity contribution in [2.24, 2.45) is 0 Å². The van der Waals surface area contributed by atoms with Crippen molar-refractivity contribution in [3.8, 4) is 5.75 Å². The fourth-order valence-corrected chi connectivity index (χ4v) is 3.40. The Morgan fingerprint density at radius 2 is 1.96 bits per heavy atom. The van der Waals surface area contributed by atoms with Crippen molar-refractivity contribution in [3.63, 3.8) is 0 Å². The second kappa shape index (κ2) is 7.09. The van der Waals surface area contributed by atoms with E-state index in [0.717, 1.165) is 23.3 Å². The lowest BCUT2D eigenvalue weighted by Gasteiger charge is -2.38. The maximum absolute atomic E-state index is 12.5. The van der Waals surface area contributed by atoms with E-state index in [-0.39, 0.29) is 17.6 Å². The number of benzene rings is 2. The fraction of sp³-hybridized carbons (Fsp3) is 0.381. The first kappa shape index (κ1) is 17.8.